The van der Waals surface area contributed by atoms with Gasteiger partial charge in [0.1, 0.15) is 11.6 Å². The fraction of sp³-hybridized carbons (Fsp3) is 0.538. The highest BCUT2D eigenvalue weighted by Gasteiger charge is 2.13. The number of nitrogens with one attached hydrogen (secondary N) is 1. The zero-order valence-corrected chi connectivity index (χ0v) is 10.8. The van der Waals surface area contributed by atoms with Crippen LogP contribution in [0.1, 0.15) is 25.5 Å². The molecule has 0 aliphatic rings. The Morgan fingerprint density at radius 3 is 2.53 bits per heavy atom. The van der Waals surface area contributed by atoms with Gasteiger partial charge in [-0.15, -0.1) is 0 Å². The van der Waals surface area contributed by atoms with Crippen LogP contribution in [-0.2, 0) is 4.74 Å². The zero-order valence-electron chi connectivity index (χ0n) is 10.8. The van der Waals surface area contributed by atoms with Gasteiger partial charge in [-0.2, -0.15) is 0 Å². The van der Waals surface area contributed by atoms with Crippen molar-refractivity contribution in [3.63, 3.8) is 0 Å². The third kappa shape index (κ3) is 3.98. The Kier molecular flexibility index (Phi) is 5.38. The summed E-state index contributed by atoms with van der Waals surface area (Å²) in [6, 6.07) is 5.01. The average molecular weight is 241 g/mol. The average Bonchev–Trinajstić information content (AvgIpc) is 2.28. The molecule has 0 spiro atoms. The second-order valence-corrected chi connectivity index (χ2v) is 4.13. The quantitative estimate of drug-likeness (QED) is 0.830. The monoisotopic (exact) mass is 241 g/mol. The molecule has 0 heterocycles. The summed E-state index contributed by atoms with van der Waals surface area (Å²) in [7, 11) is 3.17. The molecule has 3 nitrogen and oxygen atoms in total. The summed E-state index contributed by atoms with van der Waals surface area (Å²) in [5, 5.41) is 3.27. The maximum absolute atomic E-state index is 13.8. The van der Waals surface area contributed by atoms with Crippen molar-refractivity contribution in [1.29, 1.82) is 0 Å². The second kappa shape index (κ2) is 6.57. The normalized spacial score (nSPS) is 14.4. The molecule has 96 valence electrons. The first-order chi connectivity index (χ1) is 8.08. The minimum Gasteiger partial charge on any atom is -0.497 e. The third-order valence-corrected chi connectivity index (χ3v) is 2.63. The van der Waals surface area contributed by atoms with Crippen LogP contribution in [0.4, 0.5) is 4.39 Å². The Labute approximate surface area is 102 Å². The minimum atomic E-state index is -0.256. The maximum atomic E-state index is 13.8. The Morgan fingerprint density at radius 2 is 2.00 bits per heavy atom. The van der Waals surface area contributed by atoms with E-state index in [1.165, 1.54) is 13.2 Å². The van der Waals surface area contributed by atoms with Gasteiger partial charge in [-0.25, -0.2) is 4.39 Å². The van der Waals surface area contributed by atoms with Gasteiger partial charge < -0.3 is 14.8 Å². The highest BCUT2D eigenvalue weighted by atomic mass is 19.1. The van der Waals surface area contributed by atoms with E-state index < -0.39 is 0 Å². The number of hydrogen-bond acceptors (Lipinski definition) is 3. The van der Waals surface area contributed by atoms with Gasteiger partial charge in [0.25, 0.3) is 0 Å². The van der Waals surface area contributed by atoms with Crippen LogP contribution in [-0.4, -0.2) is 26.9 Å². The van der Waals surface area contributed by atoms with Gasteiger partial charge in [0.05, 0.1) is 13.7 Å². The molecule has 0 saturated carbocycles. The van der Waals surface area contributed by atoms with E-state index in [4.69, 9.17) is 9.47 Å². The molecule has 1 N–H and O–H groups in total. The van der Waals surface area contributed by atoms with E-state index in [9.17, 15) is 4.39 Å². The van der Waals surface area contributed by atoms with Gasteiger partial charge in [-0.05, 0) is 19.9 Å². The number of rotatable bonds is 6. The van der Waals surface area contributed by atoms with Crippen molar-refractivity contribution in [1.82, 2.24) is 5.32 Å². The second-order valence-electron chi connectivity index (χ2n) is 4.13. The molecule has 2 atom stereocenters. The van der Waals surface area contributed by atoms with E-state index in [1.54, 1.807) is 19.2 Å². The number of benzene rings is 1. The van der Waals surface area contributed by atoms with Crippen LogP contribution >= 0.6 is 0 Å². The van der Waals surface area contributed by atoms with Crippen molar-refractivity contribution in [3.05, 3.63) is 29.6 Å². The van der Waals surface area contributed by atoms with Gasteiger partial charge in [-0.3, -0.25) is 0 Å². The maximum Gasteiger partial charge on any atom is 0.131 e. The SMILES string of the molecule is COCC(C)NC(C)c1ccc(OC)cc1F. The summed E-state index contributed by atoms with van der Waals surface area (Å²) in [6.07, 6.45) is 0. The number of methoxy groups -OCH3 is 2. The molecule has 0 amide bonds. The highest BCUT2D eigenvalue weighted by Crippen LogP contribution is 2.21. The van der Waals surface area contributed by atoms with Crippen molar-refractivity contribution in [3.8, 4) is 5.75 Å². The molecule has 1 rings (SSSR count). The predicted octanol–water partition coefficient (Wildman–Crippen LogP) is 2.52. The van der Waals surface area contributed by atoms with Gasteiger partial charge in [0.2, 0.25) is 0 Å². The summed E-state index contributed by atoms with van der Waals surface area (Å²) in [5.41, 5.74) is 0.633. The van der Waals surface area contributed by atoms with Crippen LogP contribution in [0.25, 0.3) is 0 Å². The topological polar surface area (TPSA) is 30.5 Å². The fourth-order valence-electron chi connectivity index (χ4n) is 1.80. The first kappa shape index (κ1) is 13.9. The number of ether oxygens (including phenoxy) is 2. The molecular formula is C13H20FNO2. The largest absolute Gasteiger partial charge is 0.497 e. The highest BCUT2D eigenvalue weighted by molar-refractivity contribution is 5.30. The molecule has 2 unspecified atom stereocenters. The lowest BCUT2D eigenvalue weighted by Crippen LogP contribution is -2.32. The van der Waals surface area contributed by atoms with Gasteiger partial charge >= 0.3 is 0 Å². The number of halogens is 1. The van der Waals surface area contributed by atoms with Crippen molar-refractivity contribution < 1.29 is 13.9 Å². The van der Waals surface area contributed by atoms with Gasteiger partial charge in [0.15, 0.2) is 0 Å². The van der Waals surface area contributed by atoms with Crippen molar-refractivity contribution in [2.24, 2.45) is 0 Å². The summed E-state index contributed by atoms with van der Waals surface area (Å²) in [6.45, 7) is 4.53. The minimum absolute atomic E-state index is 0.0638. The summed E-state index contributed by atoms with van der Waals surface area (Å²) < 4.78 is 23.8. The molecule has 1 aromatic rings. The Bertz CT molecular complexity index is 357. The molecule has 0 aliphatic carbocycles. The first-order valence-electron chi connectivity index (χ1n) is 5.67. The lowest BCUT2D eigenvalue weighted by atomic mass is 10.1. The lowest BCUT2D eigenvalue weighted by Gasteiger charge is -2.20. The predicted molar refractivity (Wildman–Crippen MR) is 65.8 cm³/mol. The molecule has 1 aromatic carbocycles. The number of hydrogen-bond donors (Lipinski definition) is 1. The Morgan fingerprint density at radius 1 is 1.29 bits per heavy atom. The van der Waals surface area contributed by atoms with Crippen LogP contribution in [0.3, 0.4) is 0 Å². The lowest BCUT2D eigenvalue weighted by molar-refractivity contribution is 0.167. The van der Waals surface area contributed by atoms with Crippen LogP contribution in [0.2, 0.25) is 0 Å². The molecular weight excluding hydrogens is 221 g/mol. The van der Waals surface area contributed by atoms with Crippen LogP contribution in [0.15, 0.2) is 18.2 Å². The molecule has 17 heavy (non-hydrogen) atoms. The first-order valence-corrected chi connectivity index (χ1v) is 5.67. The van der Waals surface area contributed by atoms with Crippen molar-refractivity contribution in [2.75, 3.05) is 20.8 Å². The van der Waals surface area contributed by atoms with E-state index in [2.05, 4.69) is 5.32 Å². The summed E-state index contributed by atoms with van der Waals surface area (Å²) in [4.78, 5) is 0. The van der Waals surface area contributed by atoms with Crippen LogP contribution in [0.5, 0.6) is 5.75 Å². The van der Waals surface area contributed by atoms with Gasteiger partial charge in [0, 0.05) is 30.8 Å². The smallest absolute Gasteiger partial charge is 0.131 e. The van der Waals surface area contributed by atoms with E-state index in [0.717, 1.165) is 0 Å². The van der Waals surface area contributed by atoms with Gasteiger partial charge in [-0.1, -0.05) is 6.07 Å². The molecule has 0 radical (unpaired) electrons. The van der Waals surface area contributed by atoms with Crippen molar-refractivity contribution >= 4 is 0 Å². The molecule has 0 aromatic heterocycles. The summed E-state index contributed by atoms with van der Waals surface area (Å²) >= 11 is 0. The van der Waals surface area contributed by atoms with Crippen LogP contribution < -0.4 is 10.1 Å². The third-order valence-electron chi connectivity index (χ3n) is 2.63. The Balaban J connectivity index is 2.71. The molecule has 0 fully saturated rings. The molecule has 4 heteroatoms. The summed E-state index contributed by atoms with van der Waals surface area (Å²) in [5.74, 6) is 0.275. The van der Waals surface area contributed by atoms with E-state index in [-0.39, 0.29) is 17.9 Å². The van der Waals surface area contributed by atoms with E-state index in [1.807, 2.05) is 13.8 Å². The van der Waals surface area contributed by atoms with Crippen LogP contribution in [0, 0.1) is 5.82 Å². The molecule has 0 aliphatic heterocycles. The fourth-order valence-corrected chi connectivity index (χ4v) is 1.80. The van der Waals surface area contributed by atoms with E-state index in [0.29, 0.717) is 17.9 Å². The molecule has 0 bridgehead atoms. The Hall–Kier alpha value is -1.13. The molecule has 0 saturated heterocycles. The van der Waals surface area contributed by atoms with E-state index >= 15 is 0 Å². The standard InChI is InChI=1S/C13H20FNO2/c1-9(8-16-3)15-10(2)12-6-5-11(17-4)7-13(12)14/h5-7,9-10,15H,8H2,1-4H3. The van der Waals surface area contributed by atoms with Crippen molar-refractivity contribution in [2.45, 2.75) is 25.9 Å². The zero-order chi connectivity index (χ0) is 12.8.